The lowest BCUT2D eigenvalue weighted by Gasteiger charge is -2.35. The van der Waals surface area contributed by atoms with Crippen molar-refractivity contribution in [2.45, 2.75) is 57.9 Å². The Balaban J connectivity index is 1.19. The molecule has 0 unspecified atom stereocenters. The first kappa shape index (κ1) is 27.6. The average Bonchev–Trinajstić information content (AvgIpc) is 3.39. The summed E-state index contributed by atoms with van der Waals surface area (Å²) < 4.78 is 22.6. The normalized spacial score (nSPS) is 20.7. The molecule has 8 nitrogen and oxygen atoms in total. The van der Waals surface area contributed by atoms with Crippen LogP contribution in [0.15, 0.2) is 54.6 Å². The third kappa shape index (κ3) is 4.84. The third-order valence-electron chi connectivity index (χ3n) is 9.52. The van der Waals surface area contributed by atoms with Gasteiger partial charge in [-0.1, -0.05) is 31.2 Å². The molecule has 2 atom stereocenters. The van der Waals surface area contributed by atoms with Crippen LogP contribution >= 0.6 is 0 Å². The number of hydrogen-bond donors (Lipinski definition) is 0. The maximum atomic E-state index is 15.6. The van der Waals surface area contributed by atoms with Gasteiger partial charge in [0.2, 0.25) is 0 Å². The Kier molecular flexibility index (Phi) is 6.71. The maximum Gasteiger partial charge on any atom is 0.310 e. The predicted octanol–water partition coefficient (Wildman–Crippen LogP) is 5.74. The Hall–Kier alpha value is -4.27. The van der Waals surface area contributed by atoms with E-state index in [1.165, 1.54) is 17.2 Å². The summed E-state index contributed by atoms with van der Waals surface area (Å²) in [5.41, 5.74) is 5.78. The van der Waals surface area contributed by atoms with E-state index in [0.29, 0.717) is 55.3 Å². The second-order valence-electron chi connectivity index (χ2n) is 12.4. The maximum absolute atomic E-state index is 15.6. The summed E-state index contributed by atoms with van der Waals surface area (Å²) in [5, 5.41) is 4.81. The number of aromatic nitrogens is 3. The molecular formula is C34H36FN5O3. The Morgan fingerprint density at radius 1 is 1.09 bits per heavy atom. The van der Waals surface area contributed by atoms with E-state index in [4.69, 9.17) is 14.8 Å². The van der Waals surface area contributed by atoms with Crippen LogP contribution in [0.2, 0.25) is 0 Å². The van der Waals surface area contributed by atoms with Crippen LogP contribution in [-0.4, -0.2) is 57.6 Å². The second-order valence-corrected chi connectivity index (χ2v) is 12.4. The molecule has 9 heteroatoms. The average molecular weight is 582 g/mol. The molecule has 4 aromatic rings. The van der Waals surface area contributed by atoms with E-state index in [1.807, 2.05) is 34.1 Å². The van der Waals surface area contributed by atoms with Gasteiger partial charge in [0.25, 0.3) is 5.91 Å². The van der Waals surface area contributed by atoms with Crippen molar-refractivity contribution in [2.75, 3.05) is 31.1 Å². The summed E-state index contributed by atoms with van der Waals surface area (Å²) in [6.07, 6.45) is 3.49. The monoisotopic (exact) mass is 581 g/mol. The lowest BCUT2D eigenvalue weighted by Crippen LogP contribution is -2.39. The largest absolute Gasteiger partial charge is 0.466 e. The highest BCUT2D eigenvalue weighted by Gasteiger charge is 2.43. The van der Waals surface area contributed by atoms with Crippen LogP contribution in [0.5, 0.6) is 0 Å². The van der Waals surface area contributed by atoms with Crippen molar-refractivity contribution in [1.82, 2.24) is 19.5 Å². The quantitative estimate of drug-likeness (QED) is 0.271. The number of anilines is 1. The molecule has 0 bridgehead atoms. The number of esters is 1. The summed E-state index contributed by atoms with van der Waals surface area (Å²) in [5.74, 6) is -0.886. The zero-order valence-corrected chi connectivity index (χ0v) is 24.8. The lowest BCUT2D eigenvalue weighted by molar-refractivity contribution is -0.147. The van der Waals surface area contributed by atoms with Gasteiger partial charge in [0, 0.05) is 42.4 Å². The molecule has 1 aliphatic carbocycles. The molecule has 7 rings (SSSR count). The number of benzene rings is 2. The molecule has 1 saturated carbocycles. The Morgan fingerprint density at radius 2 is 1.91 bits per heavy atom. The molecule has 2 fully saturated rings. The molecule has 2 aromatic carbocycles. The molecule has 1 saturated heterocycles. The number of carbonyl (C=O) groups excluding carboxylic acids is 2. The van der Waals surface area contributed by atoms with E-state index in [9.17, 15) is 9.59 Å². The highest BCUT2D eigenvalue weighted by Crippen LogP contribution is 2.48. The Morgan fingerprint density at radius 3 is 2.67 bits per heavy atom. The molecule has 3 aliphatic rings. The fourth-order valence-corrected chi connectivity index (χ4v) is 6.64. The first-order valence-corrected chi connectivity index (χ1v) is 15.3. The highest BCUT2D eigenvalue weighted by molar-refractivity contribution is 5.93. The minimum atomic E-state index is -0.392. The summed E-state index contributed by atoms with van der Waals surface area (Å²) >= 11 is 0. The molecule has 0 spiro atoms. The van der Waals surface area contributed by atoms with Crippen molar-refractivity contribution in [3.05, 3.63) is 82.9 Å². The van der Waals surface area contributed by atoms with Gasteiger partial charge in [0.05, 0.1) is 30.0 Å². The topological polar surface area (TPSA) is 80.0 Å². The minimum Gasteiger partial charge on any atom is -0.466 e. The van der Waals surface area contributed by atoms with Gasteiger partial charge in [0.1, 0.15) is 11.5 Å². The van der Waals surface area contributed by atoms with Crippen LogP contribution in [0, 0.1) is 11.7 Å². The molecule has 4 heterocycles. The van der Waals surface area contributed by atoms with Crippen molar-refractivity contribution in [3.63, 3.8) is 0 Å². The number of fused-ring (bicyclic) bond motifs is 2. The van der Waals surface area contributed by atoms with Gasteiger partial charge < -0.3 is 14.5 Å². The number of rotatable bonds is 6. The zero-order valence-electron chi connectivity index (χ0n) is 24.8. The molecule has 0 radical (unpaired) electrons. The summed E-state index contributed by atoms with van der Waals surface area (Å²) in [6, 6.07) is 17.0. The van der Waals surface area contributed by atoms with Crippen molar-refractivity contribution in [3.8, 4) is 11.3 Å². The van der Waals surface area contributed by atoms with Crippen molar-refractivity contribution < 1.29 is 18.7 Å². The van der Waals surface area contributed by atoms with Crippen LogP contribution in [0.1, 0.15) is 73.4 Å². The van der Waals surface area contributed by atoms with Crippen molar-refractivity contribution >= 4 is 23.2 Å². The van der Waals surface area contributed by atoms with Crippen molar-refractivity contribution in [2.24, 2.45) is 5.92 Å². The van der Waals surface area contributed by atoms with E-state index in [2.05, 4.69) is 26.0 Å². The first-order chi connectivity index (χ1) is 20.8. The zero-order chi connectivity index (χ0) is 29.9. The SMILES string of the molecule is CCOC(=O)[C@H]1CCN(c2ccc(-c3cc4nc(C(=O)N5CCc6ccccc6[C@H]5C)cc(C5(C)CC5)n4n3)c(F)c2)C1. The van der Waals surface area contributed by atoms with E-state index in [-0.39, 0.29) is 29.3 Å². The van der Waals surface area contributed by atoms with Crippen molar-refractivity contribution in [1.29, 1.82) is 0 Å². The number of halogens is 1. The van der Waals surface area contributed by atoms with Gasteiger partial charge in [-0.3, -0.25) is 9.59 Å². The van der Waals surface area contributed by atoms with E-state index in [0.717, 1.165) is 30.6 Å². The van der Waals surface area contributed by atoms with Gasteiger partial charge in [-0.15, -0.1) is 0 Å². The Bertz CT molecular complexity index is 1750. The summed E-state index contributed by atoms with van der Waals surface area (Å²) in [7, 11) is 0. The van der Waals surface area contributed by atoms with Gasteiger partial charge in [-0.05, 0) is 74.9 Å². The van der Waals surface area contributed by atoms with Gasteiger partial charge >= 0.3 is 5.97 Å². The molecule has 222 valence electrons. The molecular weight excluding hydrogens is 545 g/mol. The highest BCUT2D eigenvalue weighted by atomic mass is 19.1. The number of ether oxygens (including phenoxy) is 1. The number of hydrogen-bond acceptors (Lipinski definition) is 6. The lowest BCUT2D eigenvalue weighted by atomic mass is 9.93. The van der Waals surface area contributed by atoms with E-state index in [1.54, 1.807) is 23.6 Å². The fraction of sp³-hybridized carbons (Fsp3) is 0.412. The third-order valence-corrected chi connectivity index (χ3v) is 9.52. The van der Waals surface area contributed by atoms with Crippen LogP contribution in [0.3, 0.4) is 0 Å². The van der Waals surface area contributed by atoms with Crippen LogP contribution < -0.4 is 4.90 Å². The van der Waals surface area contributed by atoms with Crippen LogP contribution in [-0.2, 0) is 21.4 Å². The van der Waals surface area contributed by atoms with E-state index < -0.39 is 5.82 Å². The summed E-state index contributed by atoms with van der Waals surface area (Å²) in [6.45, 7) is 8.21. The summed E-state index contributed by atoms with van der Waals surface area (Å²) in [4.78, 5) is 34.8. The molecule has 0 N–H and O–H groups in total. The number of carbonyl (C=O) groups is 2. The minimum absolute atomic E-state index is 0.0494. The van der Waals surface area contributed by atoms with Crippen LogP contribution in [0.25, 0.3) is 16.9 Å². The Labute approximate surface area is 250 Å². The molecule has 43 heavy (non-hydrogen) atoms. The molecule has 1 amide bonds. The number of nitrogens with zero attached hydrogens (tertiary/aromatic N) is 5. The van der Waals surface area contributed by atoms with Gasteiger partial charge in [-0.2, -0.15) is 5.10 Å². The molecule has 2 aliphatic heterocycles. The van der Waals surface area contributed by atoms with Gasteiger partial charge in [0.15, 0.2) is 5.65 Å². The smallest absolute Gasteiger partial charge is 0.310 e. The standard InChI is InChI=1S/C34H36FN5O3/c1-4-43-33(42)23-11-15-38(20-23)24-9-10-26(27(35)17-24)28-19-31-36-29(18-30(40(31)37-28)34(3)13-14-34)32(41)39-16-12-22-7-5-6-8-25(22)21(39)2/h5-10,17-19,21,23H,4,11-16,20H2,1-3H3/t21-,23+/m1/s1. The predicted molar refractivity (Wildman–Crippen MR) is 162 cm³/mol. The van der Waals surface area contributed by atoms with Gasteiger partial charge in [-0.25, -0.2) is 13.9 Å². The van der Waals surface area contributed by atoms with E-state index >= 15 is 4.39 Å². The first-order valence-electron chi connectivity index (χ1n) is 15.3. The molecule has 2 aromatic heterocycles. The number of amides is 1. The second kappa shape index (κ2) is 10.5. The fourth-order valence-electron chi connectivity index (χ4n) is 6.64. The van der Waals surface area contributed by atoms with Crippen LogP contribution in [0.4, 0.5) is 10.1 Å².